The molecule has 0 aromatic heterocycles. The summed E-state index contributed by atoms with van der Waals surface area (Å²) in [5.74, 6) is 0. The van der Waals surface area contributed by atoms with Gasteiger partial charge in [0.25, 0.3) is 0 Å². The summed E-state index contributed by atoms with van der Waals surface area (Å²) in [6.45, 7) is 0. The summed E-state index contributed by atoms with van der Waals surface area (Å²) in [5.41, 5.74) is 4.92. The van der Waals surface area contributed by atoms with Crippen LogP contribution < -0.4 is 0 Å². The number of fused-ring (bicyclic) bond motifs is 3. The first-order chi connectivity index (χ1) is 9.26. The van der Waals surface area contributed by atoms with Crippen LogP contribution in [0.15, 0.2) is 52.5 Å². The third-order valence-corrected chi connectivity index (χ3v) is 3.70. The molecule has 3 heteroatoms. The quantitative estimate of drug-likeness (QED) is 0.582. The van der Waals surface area contributed by atoms with E-state index in [-0.39, 0.29) is 5.57 Å². The summed E-state index contributed by atoms with van der Waals surface area (Å²) < 4.78 is 0.937. The fraction of sp³-hybridized carbons (Fsp3) is 0. The molecule has 2 aromatic rings. The third-order valence-electron chi connectivity index (χ3n) is 3.21. The van der Waals surface area contributed by atoms with Gasteiger partial charge in [0.05, 0.1) is 0 Å². The van der Waals surface area contributed by atoms with Gasteiger partial charge in [-0.25, -0.2) is 0 Å². The molecule has 0 amide bonds. The van der Waals surface area contributed by atoms with Crippen LogP contribution in [-0.2, 0) is 0 Å². The number of benzene rings is 2. The zero-order valence-electron chi connectivity index (χ0n) is 9.81. The van der Waals surface area contributed by atoms with Gasteiger partial charge in [0, 0.05) is 10.0 Å². The van der Waals surface area contributed by atoms with Gasteiger partial charge in [-0.1, -0.05) is 46.3 Å². The molecule has 0 saturated heterocycles. The SMILES string of the molecule is N#CC(C#N)=C1c2ccccc2-c2ccc(Br)cc21. The van der Waals surface area contributed by atoms with E-state index >= 15 is 0 Å². The van der Waals surface area contributed by atoms with Crippen molar-refractivity contribution in [3.63, 3.8) is 0 Å². The average Bonchev–Trinajstić information content (AvgIpc) is 2.75. The summed E-state index contributed by atoms with van der Waals surface area (Å²) in [4.78, 5) is 0. The second-order valence-corrected chi connectivity index (χ2v) is 5.12. The molecule has 2 nitrogen and oxygen atoms in total. The predicted molar refractivity (Wildman–Crippen MR) is 76.8 cm³/mol. The van der Waals surface area contributed by atoms with Gasteiger partial charge in [0.2, 0.25) is 0 Å². The van der Waals surface area contributed by atoms with Gasteiger partial charge >= 0.3 is 0 Å². The largest absolute Gasteiger partial charge is 0.192 e. The summed E-state index contributed by atoms with van der Waals surface area (Å²) in [6, 6.07) is 17.8. The number of hydrogen-bond acceptors (Lipinski definition) is 2. The van der Waals surface area contributed by atoms with E-state index < -0.39 is 0 Å². The highest BCUT2D eigenvalue weighted by Crippen LogP contribution is 2.46. The first kappa shape index (κ1) is 11.7. The summed E-state index contributed by atoms with van der Waals surface area (Å²) >= 11 is 3.44. The monoisotopic (exact) mass is 306 g/mol. The fourth-order valence-electron chi connectivity index (χ4n) is 2.45. The van der Waals surface area contributed by atoms with Crippen molar-refractivity contribution in [2.75, 3.05) is 0 Å². The Kier molecular flexibility index (Phi) is 2.71. The second-order valence-electron chi connectivity index (χ2n) is 4.21. The van der Waals surface area contributed by atoms with Crippen LogP contribution >= 0.6 is 15.9 Å². The highest BCUT2D eigenvalue weighted by Gasteiger charge is 2.26. The van der Waals surface area contributed by atoms with E-state index in [4.69, 9.17) is 10.5 Å². The maximum atomic E-state index is 9.16. The highest BCUT2D eigenvalue weighted by molar-refractivity contribution is 9.10. The molecule has 0 spiro atoms. The normalized spacial score (nSPS) is 11.2. The van der Waals surface area contributed by atoms with Crippen LogP contribution in [0.3, 0.4) is 0 Å². The van der Waals surface area contributed by atoms with Crippen molar-refractivity contribution < 1.29 is 0 Å². The van der Waals surface area contributed by atoms with Crippen LogP contribution in [0.2, 0.25) is 0 Å². The van der Waals surface area contributed by atoms with Crippen LogP contribution in [0.4, 0.5) is 0 Å². The number of halogens is 1. The Hall–Kier alpha value is -2.36. The molecule has 0 unspecified atom stereocenters. The fourth-order valence-corrected chi connectivity index (χ4v) is 2.81. The third kappa shape index (κ3) is 1.68. The first-order valence-corrected chi connectivity index (χ1v) is 6.49. The minimum atomic E-state index is 0.157. The van der Waals surface area contributed by atoms with Crippen LogP contribution in [0.25, 0.3) is 16.7 Å². The number of hydrogen-bond donors (Lipinski definition) is 0. The van der Waals surface area contributed by atoms with E-state index in [1.807, 2.05) is 54.6 Å². The predicted octanol–water partition coefficient (Wildman–Crippen LogP) is 4.28. The molecule has 0 bridgehead atoms. The maximum Gasteiger partial charge on any atom is 0.138 e. The molecule has 0 atom stereocenters. The molecule has 0 radical (unpaired) electrons. The first-order valence-electron chi connectivity index (χ1n) is 5.70. The van der Waals surface area contributed by atoms with Gasteiger partial charge in [0.1, 0.15) is 17.7 Å². The topological polar surface area (TPSA) is 47.6 Å². The molecule has 3 rings (SSSR count). The summed E-state index contributed by atoms with van der Waals surface area (Å²) in [6.07, 6.45) is 0. The van der Waals surface area contributed by atoms with Crippen molar-refractivity contribution in [3.8, 4) is 23.3 Å². The minimum Gasteiger partial charge on any atom is -0.192 e. The smallest absolute Gasteiger partial charge is 0.138 e. The van der Waals surface area contributed by atoms with Crippen LogP contribution in [0.1, 0.15) is 11.1 Å². The van der Waals surface area contributed by atoms with Crippen molar-refractivity contribution in [3.05, 3.63) is 63.6 Å². The van der Waals surface area contributed by atoms with Crippen molar-refractivity contribution in [2.24, 2.45) is 0 Å². The van der Waals surface area contributed by atoms with Crippen molar-refractivity contribution in [1.29, 1.82) is 10.5 Å². The minimum absolute atomic E-state index is 0.157. The lowest BCUT2D eigenvalue weighted by Gasteiger charge is -2.02. The van der Waals surface area contributed by atoms with Crippen LogP contribution in [0.5, 0.6) is 0 Å². The summed E-state index contributed by atoms with van der Waals surface area (Å²) in [5, 5.41) is 18.3. The van der Waals surface area contributed by atoms with Gasteiger partial charge in [-0.15, -0.1) is 0 Å². The molecule has 19 heavy (non-hydrogen) atoms. The summed E-state index contributed by atoms with van der Waals surface area (Å²) in [7, 11) is 0. The molecule has 88 valence electrons. The Morgan fingerprint density at radius 3 is 2.16 bits per heavy atom. The van der Waals surface area contributed by atoms with E-state index in [0.717, 1.165) is 32.3 Å². The molecule has 0 saturated carbocycles. The average molecular weight is 307 g/mol. The van der Waals surface area contributed by atoms with Crippen molar-refractivity contribution in [1.82, 2.24) is 0 Å². The lowest BCUT2D eigenvalue weighted by atomic mass is 9.99. The molecule has 0 fully saturated rings. The number of nitrogens with zero attached hydrogens (tertiary/aromatic N) is 2. The number of nitriles is 2. The Labute approximate surface area is 119 Å². The van der Waals surface area contributed by atoms with Gasteiger partial charge < -0.3 is 0 Å². The van der Waals surface area contributed by atoms with E-state index in [2.05, 4.69) is 15.9 Å². The van der Waals surface area contributed by atoms with Crippen molar-refractivity contribution in [2.45, 2.75) is 0 Å². The second kappa shape index (κ2) is 4.39. The lowest BCUT2D eigenvalue weighted by Crippen LogP contribution is -1.87. The Morgan fingerprint density at radius 1 is 0.842 bits per heavy atom. The van der Waals surface area contributed by atoms with Gasteiger partial charge in [-0.3, -0.25) is 0 Å². The molecule has 1 aliphatic carbocycles. The maximum absolute atomic E-state index is 9.16. The Bertz CT molecular complexity index is 788. The lowest BCUT2D eigenvalue weighted by molar-refractivity contribution is 1.46. The Balaban J connectivity index is 2.47. The van der Waals surface area contributed by atoms with Crippen molar-refractivity contribution >= 4 is 21.5 Å². The molecule has 0 heterocycles. The molecule has 0 aliphatic heterocycles. The highest BCUT2D eigenvalue weighted by atomic mass is 79.9. The molecular weight excluding hydrogens is 300 g/mol. The zero-order chi connectivity index (χ0) is 13.4. The standard InChI is InChI=1S/C16H7BrN2/c17-11-5-6-13-12-3-1-2-4-14(12)16(15(13)7-11)10(8-18)9-19/h1-7H. The molecule has 0 N–H and O–H groups in total. The molecular formula is C16H7BrN2. The van der Waals surface area contributed by atoms with E-state index in [1.54, 1.807) is 0 Å². The van der Waals surface area contributed by atoms with E-state index in [9.17, 15) is 0 Å². The molecule has 2 aromatic carbocycles. The number of allylic oxidation sites excluding steroid dienone is 1. The number of rotatable bonds is 0. The van der Waals surface area contributed by atoms with Gasteiger partial charge in [-0.2, -0.15) is 10.5 Å². The van der Waals surface area contributed by atoms with Gasteiger partial charge in [-0.05, 0) is 34.4 Å². The molecule has 1 aliphatic rings. The van der Waals surface area contributed by atoms with Crippen LogP contribution in [-0.4, -0.2) is 0 Å². The Morgan fingerprint density at radius 2 is 1.47 bits per heavy atom. The van der Waals surface area contributed by atoms with Crippen LogP contribution in [0, 0.1) is 22.7 Å². The zero-order valence-corrected chi connectivity index (χ0v) is 11.4. The van der Waals surface area contributed by atoms with Gasteiger partial charge in [0.15, 0.2) is 0 Å². The van der Waals surface area contributed by atoms with E-state index in [1.165, 1.54) is 0 Å². The van der Waals surface area contributed by atoms with E-state index in [0.29, 0.717) is 0 Å².